The average molecular weight is 265 g/mol. The van der Waals surface area contributed by atoms with Crippen LogP contribution in [0.1, 0.15) is 32.1 Å². The van der Waals surface area contributed by atoms with Crippen LogP contribution < -0.4 is 0 Å². The van der Waals surface area contributed by atoms with Crippen molar-refractivity contribution in [3.05, 3.63) is 12.2 Å². The second-order valence-corrected chi connectivity index (χ2v) is 6.06. The summed E-state index contributed by atoms with van der Waals surface area (Å²) in [6, 6.07) is 0. The van der Waals surface area contributed by atoms with Crippen molar-refractivity contribution in [2.75, 3.05) is 26.8 Å². The van der Waals surface area contributed by atoms with Gasteiger partial charge in [-0.3, -0.25) is 4.79 Å². The Labute approximate surface area is 114 Å². The van der Waals surface area contributed by atoms with E-state index in [1.807, 2.05) is 4.90 Å². The van der Waals surface area contributed by atoms with E-state index in [0.717, 1.165) is 45.2 Å². The number of nitrogens with zero attached hydrogens (tertiary/aromatic N) is 1. The Balaban J connectivity index is 1.63. The number of ether oxygens (including phenoxy) is 2. The molecule has 2 atom stereocenters. The first-order valence-corrected chi connectivity index (χ1v) is 7.33. The Morgan fingerprint density at radius 2 is 2.21 bits per heavy atom. The quantitative estimate of drug-likeness (QED) is 0.714. The van der Waals surface area contributed by atoms with Gasteiger partial charge in [-0.25, -0.2) is 0 Å². The van der Waals surface area contributed by atoms with Crippen molar-refractivity contribution in [2.45, 2.75) is 43.8 Å². The minimum atomic E-state index is -0.138. The number of hydrogen-bond donors (Lipinski definition) is 0. The van der Waals surface area contributed by atoms with Crippen molar-refractivity contribution >= 4 is 5.91 Å². The molecule has 3 rings (SSSR count). The number of amides is 1. The van der Waals surface area contributed by atoms with Crippen LogP contribution in [-0.4, -0.2) is 49.3 Å². The van der Waals surface area contributed by atoms with E-state index in [1.165, 1.54) is 0 Å². The second-order valence-electron chi connectivity index (χ2n) is 6.06. The summed E-state index contributed by atoms with van der Waals surface area (Å²) in [6.45, 7) is 2.31. The van der Waals surface area contributed by atoms with Crippen molar-refractivity contribution < 1.29 is 14.3 Å². The lowest BCUT2D eigenvalue weighted by Crippen LogP contribution is -2.51. The molecular weight excluding hydrogens is 242 g/mol. The highest BCUT2D eigenvalue weighted by Gasteiger charge is 2.45. The minimum Gasteiger partial charge on any atom is -0.379 e. The van der Waals surface area contributed by atoms with E-state index < -0.39 is 0 Å². The van der Waals surface area contributed by atoms with Gasteiger partial charge in [-0.15, -0.1) is 0 Å². The summed E-state index contributed by atoms with van der Waals surface area (Å²) < 4.78 is 11.4. The molecule has 0 radical (unpaired) electrons. The molecule has 2 heterocycles. The zero-order valence-corrected chi connectivity index (χ0v) is 11.6. The van der Waals surface area contributed by atoms with E-state index in [-0.39, 0.29) is 17.6 Å². The molecule has 0 N–H and O–H groups in total. The van der Waals surface area contributed by atoms with E-state index in [1.54, 1.807) is 7.11 Å². The third kappa shape index (κ3) is 2.56. The lowest BCUT2D eigenvalue weighted by Gasteiger charge is -2.40. The molecule has 0 bridgehead atoms. The third-order valence-corrected chi connectivity index (χ3v) is 4.72. The van der Waals surface area contributed by atoms with Gasteiger partial charge in [-0.1, -0.05) is 12.2 Å². The fourth-order valence-electron chi connectivity index (χ4n) is 3.60. The van der Waals surface area contributed by atoms with Gasteiger partial charge >= 0.3 is 0 Å². The van der Waals surface area contributed by atoms with Crippen LogP contribution in [-0.2, 0) is 14.3 Å². The molecule has 0 unspecified atom stereocenters. The molecule has 1 spiro atoms. The topological polar surface area (TPSA) is 38.8 Å². The van der Waals surface area contributed by atoms with Crippen LogP contribution in [0.3, 0.4) is 0 Å². The van der Waals surface area contributed by atoms with E-state index in [0.29, 0.717) is 12.5 Å². The molecule has 4 heteroatoms. The number of rotatable bonds is 2. The van der Waals surface area contributed by atoms with E-state index in [4.69, 9.17) is 9.47 Å². The number of piperidine rings is 1. The number of hydrogen-bond acceptors (Lipinski definition) is 3. The lowest BCUT2D eigenvalue weighted by atomic mass is 9.88. The maximum absolute atomic E-state index is 12.5. The molecule has 19 heavy (non-hydrogen) atoms. The van der Waals surface area contributed by atoms with Crippen LogP contribution in [0.4, 0.5) is 0 Å². The molecule has 0 aromatic rings. The third-order valence-electron chi connectivity index (χ3n) is 4.72. The number of allylic oxidation sites excluding steroid dienone is 2. The Bertz CT molecular complexity index is 374. The largest absolute Gasteiger partial charge is 0.379 e. The molecule has 2 fully saturated rings. The first-order valence-electron chi connectivity index (χ1n) is 7.33. The normalized spacial score (nSPS) is 35.4. The van der Waals surface area contributed by atoms with Crippen molar-refractivity contribution in [2.24, 2.45) is 5.92 Å². The molecule has 106 valence electrons. The highest BCUT2D eigenvalue weighted by molar-refractivity contribution is 5.79. The van der Waals surface area contributed by atoms with Crippen LogP contribution in [0, 0.1) is 5.92 Å². The summed E-state index contributed by atoms with van der Waals surface area (Å²) >= 11 is 0. The Kier molecular flexibility index (Phi) is 3.63. The van der Waals surface area contributed by atoms with Gasteiger partial charge in [0.25, 0.3) is 0 Å². The highest BCUT2D eigenvalue weighted by atomic mass is 16.6. The van der Waals surface area contributed by atoms with E-state index in [9.17, 15) is 4.79 Å². The van der Waals surface area contributed by atoms with Crippen molar-refractivity contribution in [1.29, 1.82) is 0 Å². The monoisotopic (exact) mass is 265 g/mol. The summed E-state index contributed by atoms with van der Waals surface area (Å²) in [7, 11) is 1.74. The molecule has 1 amide bonds. The molecule has 2 aliphatic heterocycles. The SMILES string of the molecule is CO[C@@H]1CO[C@@]2(CCCN(C(=O)C3CC=CC3)C2)C1. The van der Waals surface area contributed by atoms with Gasteiger partial charge in [0.15, 0.2) is 0 Å². The first-order chi connectivity index (χ1) is 9.22. The van der Waals surface area contributed by atoms with Gasteiger partial charge in [0.2, 0.25) is 5.91 Å². The van der Waals surface area contributed by atoms with Crippen molar-refractivity contribution in [3.8, 4) is 0 Å². The number of methoxy groups -OCH3 is 1. The molecule has 3 aliphatic rings. The molecule has 0 aromatic carbocycles. The van der Waals surface area contributed by atoms with Gasteiger partial charge in [-0.2, -0.15) is 0 Å². The first kappa shape index (κ1) is 13.1. The highest BCUT2D eigenvalue weighted by Crippen LogP contribution is 2.36. The molecule has 4 nitrogen and oxygen atoms in total. The van der Waals surface area contributed by atoms with Crippen LogP contribution in [0.5, 0.6) is 0 Å². The second kappa shape index (κ2) is 5.25. The number of likely N-dealkylation sites (tertiary alicyclic amines) is 1. The Morgan fingerprint density at radius 3 is 2.89 bits per heavy atom. The van der Waals surface area contributed by atoms with Crippen LogP contribution in [0.25, 0.3) is 0 Å². The maximum atomic E-state index is 12.5. The van der Waals surface area contributed by atoms with Gasteiger partial charge in [0, 0.05) is 32.5 Å². The molecule has 0 saturated carbocycles. The minimum absolute atomic E-state index is 0.138. The standard InChI is InChI=1S/C15H23NO3/c1-18-13-9-15(19-10-13)7-4-8-16(11-15)14(17)12-5-2-3-6-12/h2-3,12-13H,4-11H2,1H3/t13-,15-/m0/s1. The molecule has 2 saturated heterocycles. The average Bonchev–Trinajstić information content (AvgIpc) is 3.08. The zero-order chi connectivity index (χ0) is 13.3. The van der Waals surface area contributed by atoms with Gasteiger partial charge in [-0.05, 0) is 25.7 Å². The summed E-state index contributed by atoms with van der Waals surface area (Å²) in [4.78, 5) is 14.5. The molecular formula is C15H23NO3. The molecule has 1 aliphatic carbocycles. The fraction of sp³-hybridized carbons (Fsp3) is 0.800. The van der Waals surface area contributed by atoms with Gasteiger partial charge in [0.1, 0.15) is 0 Å². The van der Waals surface area contributed by atoms with Crippen LogP contribution in [0.15, 0.2) is 12.2 Å². The van der Waals surface area contributed by atoms with Crippen molar-refractivity contribution in [1.82, 2.24) is 4.90 Å². The lowest BCUT2D eigenvalue weighted by molar-refractivity contribution is -0.143. The molecule has 0 aromatic heterocycles. The Hall–Kier alpha value is -0.870. The predicted octanol–water partition coefficient (Wildman–Crippen LogP) is 1.75. The van der Waals surface area contributed by atoms with Crippen molar-refractivity contribution in [3.63, 3.8) is 0 Å². The maximum Gasteiger partial charge on any atom is 0.226 e. The fourth-order valence-corrected chi connectivity index (χ4v) is 3.60. The summed E-state index contributed by atoms with van der Waals surface area (Å²) in [5.74, 6) is 0.489. The Morgan fingerprint density at radius 1 is 1.42 bits per heavy atom. The van der Waals surface area contributed by atoms with Gasteiger partial charge in [0.05, 0.1) is 18.3 Å². The zero-order valence-electron chi connectivity index (χ0n) is 11.6. The summed E-state index contributed by atoms with van der Waals surface area (Å²) in [6.07, 6.45) is 9.28. The van der Waals surface area contributed by atoms with E-state index in [2.05, 4.69) is 12.2 Å². The smallest absolute Gasteiger partial charge is 0.226 e. The van der Waals surface area contributed by atoms with E-state index >= 15 is 0 Å². The number of carbonyl (C=O) groups is 1. The predicted molar refractivity (Wildman–Crippen MR) is 71.8 cm³/mol. The number of carbonyl (C=O) groups excluding carboxylic acids is 1. The summed E-state index contributed by atoms with van der Waals surface area (Å²) in [5.41, 5.74) is -0.138. The van der Waals surface area contributed by atoms with Crippen LogP contribution in [0.2, 0.25) is 0 Å². The van der Waals surface area contributed by atoms with Gasteiger partial charge < -0.3 is 14.4 Å². The van der Waals surface area contributed by atoms with Crippen LogP contribution >= 0.6 is 0 Å². The summed E-state index contributed by atoms with van der Waals surface area (Å²) in [5, 5.41) is 0.